The summed E-state index contributed by atoms with van der Waals surface area (Å²) >= 11 is 5.97. The number of hydrogen-bond donors (Lipinski definition) is 2. The van der Waals surface area contributed by atoms with Crippen molar-refractivity contribution in [1.29, 1.82) is 0 Å². The van der Waals surface area contributed by atoms with Crippen LogP contribution in [0, 0.1) is 11.8 Å². The number of halogens is 1. The Labute approximate surface area is 154 Å². The van der Waals surface area contributed by atoms with Crippen LogP contribution in [-0.4, -0.2) is 48.0 Å². The SMILES string of the molecule is C[C@H]1O[C@@H](n2cnc3c(C#Cc4cccc(Cl)c4)ncnc32)[C@H](O)[C@@H]1O. The minimum atomic E-state index is -1.07. The van der Waals surface area contributed by atoms with E-state index in [1.54, 1.807) is 23.6 Å². The number of rotatable bonds is 1. The number of fused-ring (bicyclic) bond motifs is 1. The van der Waals surface area contributed by atoms with Crippen molar-refractivity contribution in [2.24, 2.45) is 0 Å². The maximum absolute atomic E-state index is 10.2. The maximum Gasteiger partial charge on any atom is 0.166 e. The van der Waals surface area contributed by atoms with Crippen LogP contribution < -0.4 is 0 Å². The van der Waals surface area contributed by atoms with Crippen LogP contribution in [0.5, 0.6) is 0 Å². The summed E-state index contributed by atoms with van der Waals surface area (Å²) in [5.41, 5.74) is 2.18. The molecular weight excluding hydrogens is 356 g/mol. The Hall–Kier alpha value is -2.50. The summed E-state index contributed by atoms with van der Waals surface area (Å²) in [5.74, 6) is 5.98. The van der Waals surface area contributed by atoms with Crippen LogP contribution in [0.1, 0.15) is 24.4 Å². The van der Waals surface area contributed by atoms with E-state index in [9.17, 15) is 10.2 Å². The highest BCUT2D eigenvalue weighted by atomic mass is 35.5. The molecule has 0 unspecified atom stereocenters. The number of aliphatic hydroxyl groups excluding tert-OH is 2. The third kappa shape index (κ3) is 2.93. The molecule has 0 aliphatic carbocycles. The first-order valence-electron chi connectivity index (χ1n) is 8.01. The fourth-order valence-electron chi connectivity index (χ4n) is 2.88. The first-order chi connectivity index (χ1) is 12.5. The molecule has 1 aliphatic rings. The molecule has 0 amide bonds. The van der Waals surface area contributed by atoms with Gasteiger partial charge in [-0.1, -0.05) is 23.6 Å². The third-order valence-electron chi connectivity index (χ3n) is 4.26. The maximum atomic E-state index is 10.2. The van der Waals surface area contributed by atoms with Gasteiger partial charge in [0.2, 0.25) is 0 Å². The molecule has 0 spiro atoms. The number of aliphatic hydroxyl groups is 2. The summed E-state index contributed by atoms with van der Waals surface area (Å²) in [6.45, 7) is 1.70. The quantitative estimate of drug-likeness (QED) is 0.631. The lowest BCUT2D eigenvalue weighted by Gasteiger charge is -2.16. The van der Waals surface area contributed by atoms with Crippen LogP contribution in [0.4, 0.5) is 0 Å². The molecule has 1 aliphatic heterocycles. The molecule has 1 fully saturated rings. The van der Waals surface area contributed by atoms with Crippen molar-refractivity contribution in [2.45, 2.75) is 31.5 Å². The van der Waals surface area contributed by atoms with Crippen molar-refractivity contribution in [3.8, 4) is 11.8 Å². The van der Waals surface area contributed by atoms with Crippen LogP contribution in [0.3, 0.4) is 0 Å². The van der Waals surface area contributed by atoms with Gasteiger partial charge < -0.3 is 14.9 Å². The normalized spacial score (nSPS) is 25.2. The van der Waals surface area contributed by atoms with Crippen LogP contribution in [-0.2, 0) is 4.74 Å². The van der Waals surface area contributed by atoms with E-state index in [0.717, 1.165) is 5.56 Å². The molecule has 0 saturated carbocycles. The number of nitrogens with zero attached hydrogens (tertiary/aromatic N) is 4. The average Bonchev–Trinajstić information content (AvgIpc) is 3.17. The predicted molar refractivity (Wildman–Crippen MR) is 94.4 cm³/mol. The van der Waals surface area contributed by atoms with Crippen molar-refractivity contribution in [3.05, 3.63) is 53.2 Å². The molecular formula is C18H15ClN4O3. The summed E-state index contributed by atoms with van der Waals surface area (Å²) in [4.78, 5) is 12.7. The molecule has 8 heteroatoms. The second kappa shape index (κ2) is 6.67. The number of ether oxygens (including phenoxy) is 1. The van der Waals surface area contributed by atoms with Crippen LogP contribution in [0.25, 0.3) is 11.2 Å². The molecule has 26 heavy (non-hydrogen) atoms. The molecule has 2 aromatic heterocycles. The zero-order valence-electron chi connectivity index (χ0n) is 13.7. The van der Waals surface area contributed by atoms with Crippen molar-refractivity contribution in [1.82, 2.24) is 19.5 Å². The molecule has 7 nitrogen and oxygen atoms in total. The summed E-state index contributed by atoms with van der Waals surface area (Å²) < 4.78 is 7.21. The fraction of sp³-hybridized carbons (Fsp3) is 0.278. The van der Waals surface area contributed by atoms with E-state index in [0.29, 0.717) is 21.9 Å². The topological polar surface area (TPSA) is 93.3 Å². The first-order valence-corrected chi connectivity index (χ1v) is 8.39. The van der Waals surface area contributed by atoms with E-state index in [1.165, 1.54) is 12.7 Å². The van der Waals surface area contributed by atoms with Gasteiger partial charge in [0.1, 0.15) is 29.7 Å². The van der Waals surface area contributed by atoms with Gasteiger partial charge in [0, 0.05) is 10.6 Å². The summed E-state index contributed by atoms with van der Waals surface area (Å²) in [5, 5.41) is 20.7. The van der Waals surface area contributed by atoms with Gasteiger partial charge in [-0.15, -0.1) is 0 Å². The Balaban J connectivity index is 1.73. The van der Waals surface area contributed by atoms with Gasteiger partial charge in [-0.05, 0) is 31.0 Å². The highest BCUT2D eigenvalue weighted by Gasteiger charge is 2.42. The highest BCUT2D eigenvalue weighted by Crippen LogP contribution is 2.31. The van der Waals surface area contributed by atoms with Crippen LogP contribution >= 0.6 is 11.6 Å². The molecule has 132 valence electrons. The molecule has 1 aromatic carbocycles. The smallest absolute Gasteiger partial charge is 0.166 e. The summed E-state index contributed by atoms with van der Waals surface area (Å²) in [6, 6.07) is 7.21. The third-order valence-corrected chi connectivity index (χ3v) is 4.49. The van der Waals surface area contributed by atoms with Crippen molar-refractivity contribution >= 4 is 22.8 Å². The van der Waals surface area contributed by atoms with Gasteiger partial charge in [-0.2, -0.15) is 0 Å². The first kappa shape index (κ1) is 16.9. The van der Waals surface area contributed by atoms with Crippen LogP contribution in [0.15, 0.2) is 36.9 Å². The van der Waals surface area contributed by atoms with Gasteiger partial charge in [0.25, 0.3) is 0 Å². The second-order valence-corrected chi connectivity index (χ2v) is 6.46. The van der Waals surface area contributed by atoms with Crippen molar-refractivity contribution in [2.75, 3.05) is 0 Å². The van der Waals surface area contributed by atoms with Crippen LogP contribution in [0.2, 0.25) is 5.02 Å². The Morgan fingerprint density at radius 1 is 1.15 bits per heavy atom. The van der Waals surface area contributed by atoms with Crippen molar-refractivity contribution < 1.29 is 14.9 Å². The number of imidazole rings is 1. The Kier molecular flexibility index (Phi) is 4.34. The molecule has 0 bridgehead atoms. The predicted octanol–water partition coefficient (Wildman–Crippen LogP) is 1.52. The largest absolute Gasteiger partial charge is 0.388 e. The lowest BCUT2D eigenvalue weighted by atomic mass is 10.1. The fourth-order valence-corrected chi connectivity index (χ4v) is 3.07. The number of aromatic nitrogens is 4. The lowest BCUT2D eigenvalue weighted by molar-refractivity contribution is -0.0299. The lowest BCUT2D eigenvalue weighted by Crippen LogP contribution is -2.30. The minimum Gasteiger partial charge on any atom is -0.388 e. The van der Waals surface area contributed by atoms with Gasteiger partial charge in [0.05, 0.1) is 12.4 Å². The zero-order chi connectivity index (χ0) is 18.3. The summed E-state index contributed by atoms with van der Waals surface area (Å²) in [6.07, 6.45) is -0.420. The van der Waals surface area contributed by atoms with Gasteiger partial charge in [-0.25, -0.2) is 15.0 Å². The second-order valence-electron chi connectivity index (χ2n) is 6.02. The Morgan fingerprint density at radius 3 is 2.73 bits per heavy atom. The molecule has 2 N–H and O–H groups in total. The molecule has 1 saturated heterocycles. The van der Waals surface area contributed by atoms with Crippen molar-refractivity contribution in [3.63, 3.8) is 0 Å². The molecule has 4 rings (SSSR count). The number of hydrogen-bond acceptors (Lipinski definition) is 6. The Morgan fingerprint density at radius 2 is 2.00 bits per heavy atom. The average molecular weight is 371 g/mol. The van der Waals surface area contributed by atoms with E-state index in [4.69, 9.17) is 16.3 Å². The highest BCUT2D eigenvalue weighted by molar-refractivity contribution is 6.30. The van der Waals surface area contributed by atoms with E-state index in [2.05, 4.69) is 26.8 Å². The van der Waals surface area contributed by atoms with Gasteiger partial charge >= 0.3 is 0 Å². The molecule has 0 radical (unpaired) electrons. The molecule has 3 heterocycles. The van der Waals surface area contributed by atoms with E-state index in [-0.39, 0.29) is 0 Å². The van der Waals surface area contributed by atoms with Gasteiger partial charge in [-0.3, -0.25) is 4.57 Å². The van der Waals surface area contributed by atoms with E-state index in [1.807, 2.05) is 12.1 Å². The standard InChI is InChI=1S/C18H15ClN4O3/c1-10-15(24)16(25)18(26-10)23-9-22-14-13(20-8-21-17(14)23)6-5-11-3-2-4-12(19)7-11/h2-4,7-10,15-16,18,24-25H,1H3/t10-,15-,16-,18-/m1/s1. The van der Waals surface area contributed by atoms with E-state index < -0.39 is 24.5 Å². The monoisotopic (exact) mass is 370 g/mol. The zero-order valence-corrected chi connectivity index (χ0v) is 14.5. The summed E-state index contributed by atoms with van der Waals surface area (Å²) in [7, 11) is 0. The molecule has 3 aromatic rings. The Bertz CT molecular complexity index is 1030. The molecule has 4 atom stereocenters. The minimum absolute atomic E-state index is 0.454. The number of benzene rings is 1. The van der Waals surface area contributed by atoms with E-state index >= 15 is 0 Å². The van der Waals surface area contributed by atoms with Gasteiger partial charge in [0.15, 0.2) is 11.9 Å².